The van der Waals surface area contributed by atoms with Crippen molar-refractivity contribution >= 4 is 35.4 Å². The van der Waals surface area contributed by atoms with Crippen LogP contribution in [-0.2, 0) is 16.0 Å². The minimum atomic E-state index is -0.106. The van der Waals surface area contributed by atoms with Crippen LogP contribution in [0.5, 0.6) is 0 Å². The van der Waals surface area contributed by atoms with Crippen LogP contribution >= 0.6 is 11.6 Å². The molecule has 1 fully saturated rings. The van der Waals surface area contributed by atoms with E-state index in [-0.39, 0.29) is 5.91 Å². The Kier molecular flexibility index (Phi) is 12.2. The lowest BCUT2D eigenvalue weighted by Gasteiger charge is -2.23. The molecule has 0 unspecified atom stereocenters. The Labute approximate surface area is 240 Å². The summed E-state index contributed by atoms with van der Waals surface area (Å²) in [6.07, 6.45) is 5.97. The summed E-state index contributed by atoms with van der Waals surface area (Å²) in [5.74, 6) is 1.45. The molecule has 214 valence electrons. The number of carbonyl (C=O) groups excluding carboxylic acids is 1. The van der Waals surface area contributed by atoms with Gasteiger partial charge in [0.15, 0.2) is 0 Å². The van der Waals surface area contributed by atoms with Crippen molar-refractivity contribution in [2.24, 2.45) is 0 Å². The van der Waals surface area contributed by atoms with Crippen LogP contribution in [0.2, 0.25) is 5.02 Å². The fraction of sp³-hybridized carbons (Fsp3) is 0.448. The first-order chi connectivity index (χ1) is 19.7. The lowest BCUT2D eigenvalue weighted by atomic mass is 9.96. The van der Waals surface area contributed by atoms with Gasteiger partial charge in [-0.05, 0) is 42.7 Å². The van der Waals surface area contributed by atoms with Crippen LogP contribution in [0.15, 0.2) is 54.6 Å². The van der Waals surface area contributed by atoms with E-state index >= 15 is 0 Å². The Morgan fingerprint density at radius 1 is 0.775 bits per heavy atom. The Hall–Kier alpha value is -3.47. The van der Waals surface area contributed by atoms with E-state index in [4.69, 9.17) is 21.1 Å². The van der Waals surface area contributed by atoms with Gasteiger partial charge in [-0.1, -0.05) is 61.2 Å². The molecule has 10 nitrogen and oxygen atoms in total. The van der Waals surface area contributed by atoms with Gasteiger partial charge in [0.1, 0.15) is 0 Å². The molecule has 1 heterocycles. The van der Waals surface area contributed by atoms with Crippen LogP contribution in [0, 0.1) is 0 Å². The molecule has 4 rings (SSSR count). The molecule has 1 saturated carbocycles. The zero-order valence-corrected chi connectivity index (χ0v) is 23.5. The largest absolute Gasteiger partial charge is 0.377 e. The van der Waals surface area contributed by atoms with Gasteiger partial charge in [0.05, 0.1) is 26.4 Å². The highest BCUT2D eigenvalue weighted by Crippen LogP contribution is 2.21. The topological polar surface area (TPSA) is 122 Å². The Morgan fingerprint density at radius 3 is 2.15 bits per heavy atom. The van der Waals surface area contributed by atoms with Gasteiger partial charge in [0.2, 0.25) is 17.8 Å². The molecule has 40 heavy (non-hydrogen) atoms. The maximum absolute atomic E-state index is 12.0. The molecule has 1 aromatic heterocycles. The molecular weight excluding hydrogens is 530 g/mol. The second kappa shape index (κ2) is 16.6. The smallest absolute Gasteiger partial charge is 0.251 e. The molecular formula is C29H38ClN7O3. The first-order valence-electron chi connectivity index (χ1n) is 13.9. The highest BCUT2D eigenvalue weighted by molar-refractivity contribution is 6.30. The fourth-order valence-corrected chi connectivity index (χ4v) is 4.42. The average molecular weight is 568 g/mol. The third-order valence-electron chi connectivity index (χ3n) is 6.41. The highest BCUT2D eigenvalue weighted by Gasteiger charge is 2.15. The van der Waals surface area contributed by atoms with E-state index in [9.17, 15) is 4.79 Å². The van der Waals surface area contributed by atoms with Gasteiger partial charge < -0.3 is 30.7 Å². The molecule has 0 saturated heterocycles. The molecule has 0 aliphatic heterocycles. The van der Waals surface area contributed by atoms with Crippen molar-refractivity contribution in [3.05, 3.63) is 70.7 Å². The first kappa shape index (κ1) is 29.5. The summed E-state index contributed by atoms with van der Waals surface area (Å²) in [6, 6.07) is 17.2. The average Bonchev–Trinajstić information content (AvgIpc) is 2.98. The van der Waals surface area contributed by atoms with Crippen molar-refractivity contribution in [3.63, 3.8) is 0 Å². The van der Waals surface area contributed by atoms with E-state index in [1.54, 1.807) is 12.1 Å². The molecule has 0 bridgehead atoms. The Morgan fingerprint density at radius 2 is 1.43 bits per heavy atom. The highest BCUT2D eigenvalue weighted by atomic mass is 35.5. The predicted octanol–water partition coefficient (Wildman–Crippen LogP) is 4.76. The van der Waals surface area contributed by atoms with E-state index in [2.05, 4.69) is 36.2 Å². The summed E-state index contributed by atoms with van der Waals surface area (Å²) in [5.41, 5.74) is 1.72. The Balaban J connectivity index is 1.16. The number of rotatable bonds is 16. The lowest BCUT2D eigenvalue weighted by molar-refractivity contribution is 0.0519. The molecule has 1 aliphatic carbocycles. The number of hydrogen-bond donors (Lipinski definition) is 4. The van der Waals surface area contributed by atoms with Crippen LogP contribution in [0.25, 0.3) is 0 Å². The predicted molar refractivity (Wildman–Crippen MR) is 158 cm³/mol. The van der Waals surface area contributed by atoms with Gasteiger partial charge in [-0.25, -0.2) is 0 Å². The molecule has 2 aromatic carbocycles. The second-order valence-corrected chi connectivity index (χ2v) is 9.98. The Bertz CT molecular complexity index is 1160. The summed E-state index contributed by atoms with van der Waals surface area (Å²) < 4.78 is 11.2. The van der Waals surface area contributed by atoms with Gasteiger partial charge in [0, 0.05) is 36.3 Å². The number of aromatic nitrogens is 3. The van der Waals surface area contributed by atoms with Crippen LogP contribution < -0.4 is 21.3 Å². The number of anilines is 3. The third kappa shape index (κ3) is 10.6. The molecule has 1 amide bonds. The number of benzene rings is 2. The molecule has 4 N–H and O–H groups in total. The fourth-order valence-electron chi connectivity index (χ4n) is 4.30. The number of nitrogens with one attached hydrogen (secondary N) is 4. The third-order valence-corrected chi connectivity index (χ3v) is 6.66. The molecule has 11 heteroatoms. The standard InChI is InChI=1S/C29H38ClN7O3/c30-24-13-11-22(12-14-24)21-33-28-35-27(36-29(37-28)34-25-9-5-2-6-10-25)32-16-18-40-20-19-39-17-15-31-26(38)23-7-3-1-4-8-23/h1,3-4,7-8,11-14,25H,2,5-6,9-10,15-21H2,(H,31,38)(H3,32,33,34,35,36,37). The number of amides is 1. The van der Waals surface area contributed by atoms with Gasteiger partial charge in [-0.15, -0.1) is 0 Å². The summed E-state index contributed by atoms with van der Waals surface area (Å²) >= 11 is 6.00. The monoisotopic (exact) mass is 567 g/mol. The van der Waals surface area contributed by atoms with Crippen molar-refractivity contribution in [1.29, 1.82) is 0 Å². The van der Waals surface area contributed by atoms with E-state index in [1.165, 1.54) is 19.3 Å². The van der Waals surface area contributed by atoms with Crippen molar-refractivity contribution < 1.29 is 14.3 Å². The van der Waals surface area contributed by atoms with Crippen LogP contribution in [-0.4, -0.2) is 66.4 Å². The number of nitrogens with zero attached hydrogens (tertiary/aromatic N) is 3. The lowest BCUT2D eigenvalue weighted by Crippen LogP contribution is -2.27. The summed E-state index contributed by atoms with van der Waals surface area (Å²) in [6.45, 7) is 3.35. The van der Waals surface area contributed by atoms with E-state index < -0.39 is 0 Å². The molecule has 1 aliphatic rings. The summed E-state index contributed by atoms with van der Waals surface area (Å²) in [7, 11) is 0. The zero-order valence-electron chi connectivity index (χ0n) is 22.7. The number of halogens is 1. The minimum absolute atomic E-state index is 0.106. The van der Waals surface area contributed by atoms with Crippen LogP contribution in [0.1, 0.15) is 48.0 Å². The molecule has 0 radical (unpaired) electrons. The van der Waals surface area contributed by atoms with Crippen LogP contribution in [0.4, 0.5) is 17.8 Å². The maximum Gasteiger partial charge on any atom is 0.251 e. The van der Waals surface area contributed by atoms with Crippen LogP contribution in [0.3, 0.4) is 0 Å². The van der Waals surface area contributed by atoms with E-state index in [0.717, 1.165) is 18.4 Å². The van der Waals surface area contributed by atoms with Gasteiger partial charge in [0.25, 0.3) is 5.91 Å². The van der Waals surface area contributed by atoms with E-state index in [0.29, 0.717) is 80.5 Å². The van der Waals surface area contributed by atoms with Gasteiger partial charge >= 0.3 is 0 Å². The number of ether oxygens (including phenoxy) is 2. The summed E-state index contributed by atoms with van der Waals surface area (Å²) in [5, 5.41) is 13.5. The quantitative estimate of drug-likeness (QED) is 0.181. The molecule has 3 aromatic rings. The first-order valence-corrected chi connectivity index (χ1v) is 14.3. The molecule has 0 spiro atoms. The van der Waals surface area contributed by atoms with Gasteiger partial charge in [-0.3, -0.25) is 4.79 Å². The van der Waals surface area contributed by atoms with E-state index in [1.807, 2.05) is 42.5 Å². The number of hydrogen-bond acceptors (Lipinski definition) is 9. The SMILES string of the molecule is O=C(NCCOCCOCCNc1nc(NCc2ccc(Cl)cc2)nc(NC2CCCCC2)n1)c1ccccc1. The molecule has 0 atom stereocenters. The maximum atomic E-state index is 12.0. The second-order valence-electron chi connectivity index (χ2n) is 9.54. The van der Waals surface area contributed by atoms with Gasteiger partial charge in [-0.2, -0.15) is 15.0 Å². The van der Waals surface area contributed by atoms with Crippen molar-refractivity contribution in [1.82, 2.24) is 20.3 Å². The van der Waals surface area contributed by atoms with Crippen molar-refractivity contribution in [2.75, 3.05) is 55.5 Å². The normalized spacial score (nSPS) is 13.5. The summed E-state index contributed by atoms with van der Waals surface area (Å²) in [4.78, 5) is 25.7. The van der Waals surface area contributed by atoms with Crippen molar-refractivity contribution in [3.8, 4) is 0 Å². The zero-order chi connectivity index (χ0) is 27.8. The van der Waals surface area contributed by atoms with Crippen molar-refractivity contribution in [2.45, 2.75) is 44.7 Å². The minimum Gasteiger partial charge on any atom is -0.377 e. The number of carbonyl (C=O) groups is 1.